The summed E-state index contributed by atoms with van der Waals surface area (Å²) in [6, 6.07) is 10.9. The lowest BCUT2D eigenvalue weighted by Crippen LogP contribution is -2.21. The number of carbonyl (C=O) groups excluding carboxylic acids is 1. The van der Waals surface area contributed by atoms with Gasteiger partial charge < -0.3 is 5.32 Å². The molecule has 0 unspecified atom stereocenters. The molecule has 0 fully saturated rings. The van der Waals surface area contributed by atoms with Gasteiger partial charge in [-0.05, 0) is 48.9 Å². The first-order valence-corrected chi connectivity index (χ1v) is 8.70. The number of hydrogen-bond donors (Lipinski definition) is 1. The zero-order chi connectivity index (χ0) is 18.3. The highest BCUT2D eigenvalue weighted by Gasteiger charge is 2.25. The highest BCUT2D eigenvalue weighted by atomic mass is 19.2. The van der Waals surface area contributed by atoms with Gasteiger partial charge in [0.1, 0.15) is 0 Å². The van der Waals surface area contributed by atoms with Gasteiger partial charge in [0.05, 0.1) is 11.1 Å². The Bertz CT molecular complexity index is 1020. The number of amides is 1. The van der Waals surface area contributed by atoms with Gasteiger partial charge in [0.25, 0.3) is 5.91 Å². The lowest BCUT2D eigenvalue weighted by molar-refractivity contribution is 0.102. The molecule has 0 aliphatic heterocycles. The Morgan fingerprint density at radius 3 is 2.77 bits per heavy atom. The Labute approximate surface area is 150 Å². The summed E-state index contributed by atoms with van der Waals surface area (Å²) in [4.78, 5) is 17.8. The second kappa shape index (κ2) is 6.48. The number of nitrogens with zero attached hydrogens (tertiary/aromatic N) is 1. The SMILES string of the molecule is C[C@@H]1CCc2nc3ccccc3c(C(=O)Nc3ccc(F)c(F)c3)c2C1. The number of para-hydroxylation sites is 1. The van der Waals surface area contributed by atoms with Crippen LogP contribution >= 0.6 is 0 Å². The second-order valence-corrected chi connectivity index (χ2v) is 6.86. The Balaban J connectivity index is 1.82. The Morgan fingerprint density at radius 2 is 1.96 bits per heavy atom. The molecule has 2 aromatic carbocycles. The smallest absolute Gasteiger partial charge is 0.256 e. The van der Waals surface area contributed by atoms with Gasteiger partial charge in [0.15, 0.2) is 11.6 Å². The van der Waals surface area contributed by atoms with Gasteiger partial charge in [-0.2, -0.15) is 0 Å². The van der Waals surface area contributed by atoms with E-state index in [0.717, 1.165) is 53.6 Å². The Hall–Kier alpha value is -2.82. The zero-order valence-electron chi connectivity index (χ0n) is 14.4. The maximum absolute atomic E-state index is 13.5. The van der Waals surface area contributed by atoms with Crippen LogP contribution in [0.3, 0.4) is 0 Å². The van der Waals surface area contributed by atoms with Gasteiger partial charge in [0, 0.05) is 22.8 Å². The molecule has 1 aromatic heterocycles. The van der Waals surface area contributed by atoms with Crippen molar-refractivity contribution >= 4 is 22.5 Å². The average Bonchev–Trinajstić information content (AvgIpc) is 2.62. The number of benzene rings is 2. The van der Waals surface area contributed by atoms with Crippen LogP contribution in [0.1, 0.15) is 35.0 Å². The topological polar surface area (TPSA) is 42.0 Å². The summed E-state index contributed by atoms with van der Waals surface area (Å²) in [6.07, 6.45) is 2.67. The lowest BCUT2D eigenvalue weighted by Gasteiger charge is -2.24. The molecule has 1 aliphatic rings. The average molecular weight is 352 g/mol. The van der Waals surface area contributed by atoms with Crippen LogP contribution in [-0.4, -0.2) is 10.9 Å². The highest BCUT2D eigenvalue weighted by molar-refractivity contribution is 6.13. The first kappa shape index (κ1) is 16.6. The van der Waals surface area contributed by atoms with Crippen LogP contribution < -0.4 is 5.32 Å². The van der Waals surface area contributed by atoms with Crippen molar-refractivity contribution in [2.45, 2.75) is 26.2 Å². The zero-order valence-corrected chi connectivity index (χ0v) is 14.4. The van der Waals surface area contributed by atoms with Crippen LogP contribution in [-0.2, 0) is 12.8 Å². The maximum atomic E-state index is 13.5. The number of aromatic nitrogens is 1. The number of carbonyl (C=O) groups is 1. The van der Waals surface area contributed by atoms with Crippen LogP contribution in [0.4, 0.5) is 14.5 Å². The fraction of sp³-hybridized carbons (Fsp3) is 0.238. The van der Waals surface area contributed by atoms with Crippen LogP contribution in [0.15, 0.2) is 42.5 Å². The van der Waals surface area contributed by atoms with E-state index in [1.54, 1.807) is 0 Å². The van der Waals surface area contributed by atoms with Crippen molar-refractivity contribution < 1.29 is 13.6 Å². The molecule has 26 heavy (non-hydrogen) atoms. The van der Waals surface area contributed by atoms with Gasteiger partial charge in [-0.1, -0.05) is 25.1 Å². The van der Waals surface area contributed by atoms with Gasteiger partial charge in [0.2, 0.25) is 0 Å². The molecule has 0 bridgehead atoms. The molecule has 1 amide bonds. The Kier molecular flexibility index (Phi) is 4.15. The minimum absolute atomic E-state index is 0.229. The standard InChI is InChI=1S/C21H18F2N2O/c1-12-6-9-19-15(10-12)20(14-4-2-3-5-18(14)25-19)21(26)24-13-7-8-16(22)17(23)11-13/h2-5,7-8,11-12H,6,9-10H2,1H3,(H,24,26)/t12-/m1/s1. The monoisotopic (exact) mass is 352 g/mol. The second-order valence-electron chi connectivity index (χ2n) is 6.86. The number of halogens is 2. The number of pyridine rings is 1. The molecular formula is C21H18F2N2O. The summed E-state index contributed by atoms with van der Waals surface area (Å²) in [5.41, 5.74) is 3.50. The van der Waals surface area contributed by atoms with E-state index < -0.39 is 11.6 Å². The first-order chi connectivity index (χ1) is 12.5. The molecule has 1 atom stereocenters. The van der Waals surface area contributed by atoms with Crippen molar-refractivity contribution in [1.29, 1.82) is 0 Å². The van der Waals surface area contributed by atoms with Crippen molar-refractivity contribution in [3.8, 4) is 0 Å². The van der Waals surface area contributed by atoms with Crippen molar-refractivity contribution in [1.82, 2.24) is 4.98 Å². The van der Waals surface area contributed by atoms with Crippen molar-refractivity contribution in [3.63, 3.8) is 0 Å². The summed E-state index contributed by atoms with van der Waals surface area (Å²) < 4.78 is 26.6. The molecule has 5 heteroatoms. The third kappa shape index (κ3) is 2.94. The normalized spacial score (nSPS) is 16.3. The van der Waals surface area contributed by atoms with E-state index in [1.165, 1.54) is 6.07 Å². The predicted molar refractivity (Wildman–Crippen MR) is 97.2 cm³/mol. The minimum atomic E-state index is -0.988. The highest BCUT2D eigenvalue weighted by Crippen LogP contribution is 2.32. The minimum Gasteiger partial charge on any atom is -0.322 e. The van der Waals surface area contributed by atoms with Gasteiger partial charge in [-0.15, -0.1) is 0 Å². The Morgan fingerprint density at radius 1 is 1.15 bits per heavy atom. The summed E-state index contributed by atoms with van der Waals surface area (Å²) in [6.45, 7) is 2.16. The van der Waals surface area contributed by atoms with Crippen molar-refractivity contribution in [3.05, 3.63) is 70.9 Å². The summed E-state index contributed by atoms with van der Waals surface area (Å²) in [5, 5.41) is 3.49. The molecule has 4 rings (SSSR count). The number of hydrogen-bond acceptors (Lipinski definition) is 2. The number of anilines is 1. The number of rotatable bonds is 2. The molecule has 1 heterocycles. The number of fused-ring (bicyclic) bond motifs is 2. The molecular weight excluding hydrogens is 334 g/mol. The third-order valence-electron chi connectivity index (χ3n) is 4.91. The molecule has 0 saturated carbocycles. The predicted octanol–water partition coefficient (Wildman–Crippen LogP) is 4.89. The lowest BCUT2D eigenvalue weighted by atomic mass is 9.84. The maximum Gasteiger partial charge on any atom is 0.256 e. The first-order valence-electron chi connectivity index (χ1n) is 8.70. The van der Waals surface area contributed by atoms with Gasteiger partial charge >= 0.3 is 0 Å². The van der Waals surface area contributed by atoms with E-state index in [2.05, 4.69) is 12.2 Å². The fourth-order valence-electron chi connectivity index (χ4n) is 3.59. The molecule has 132 valence electrons. The van der Waals surface area contributed by atoms with Crippen molar-refractivity contribution in [2.75, 3.05) is 5.32 Å². The summed E-state index contributed by atoms with van der Waals surface area (Å²) >= 11 is 0. The van der Waals surface area contributed by atoms with Gasteiger partial charge in [-0.25, -0.2) is 8.78 Å². The van der Waals surface area contributed by atoms with E-state index in [-0.39, 0.29) is 11.6 Å². The summed E-state index contributed by atoms with van der Waals surface area (Å²) in [5.74, 6) is -1.78. The number of nitrogens with one attached hydrogen (secondary N) is 1. The van der Waals surface area contributed by atoms with Crippen LogP contribution in [0.25, 0.3) is 10.9 Å². The quantitative estimate of drug-likeness (QED) is 0.713. The molecule has 3 nitrogen and oxygen atoms in total. The molecule has 1 aliphatic carbocycles. The molecule has 0 radical (unpaired) electrons. The van der Waals surface area contributed by atoms with E-state index in [0.29, 0.717) is 11.5 Å². The molecule has 0 spiro atoms. The van der Waals surface area contributed by atoms with Crippen LogP contribution in [0.5, 0.6) is 0 Å². The van der Waals surface area contributed by atoms with Crippen molar-refractivity contribution in [2.24, 2.45) is 5.92 Å². The molecule has 0 saturated heterocycles. The third-order valence-corrected chi connectivity index (χ3v) is 4.91. The number of aryl methyl sites for hydroxylation is 1. The van der Waals surface area contributed by atoms with E-state index in [9.17, 15) is 13.6 Å². The van der Waals surface area contributed by atoms with E-state index in [1.807, 2.05) is 24.3 Å². The van der Waals surface area contributed by atoms with Gasteiger partial charge in [-0.3, -0.25) is 9.78 Å². The van der Waals surface area contributed by atoms with Crippen LogP contribution in [0, 0.1) is 17.6 Å². The largest absolute Gasteiger partial charge is 0.322 e. The van der Waals surface area contributed by atoms with Crippen LogP contribution in [0.2, 0.25) is 0 Å². The molecule has 1 N–H and O–H groups in total. The fourth-order valence-corrected chi connectivity index (χ4v) is 3.59. The van der Waals surface area contributed by atoms with E-state index >= 15 is 0 Å². The van der Waals surface area contributed by atoms with E-state index in [4.69, 9.17) is 4.98 Å². The molecule has 3 aromatic rings. The summed E-state index contributed by atoms with van der Waals surface area (Å²) in [7, 11) is 0.